The number of nitrogens with two attached hydrogens (primary N) is 3. The molecule has 0 amide bonds. The lowest BCUT2D eigenvalue weighted by atomic mass is 9.74. The van der Waals surface area contributed by atoms with E-state index in [1.165, 1.54) is 5.56 Å². The first-order chi connectivity index (χ1) is 15.4. The van der Waals surface area contributed by atoms with E-state index in [-0.39, 0.29) is 0 Å². The van der Waals surface area contributed by atoms with Gasteiger partial charge in [-0.1, -0.05) is 50.5 Å². The Morgan fingerprint density at radius 1 is 0.781 bits per heavy atom. The third-order valence-electron chi connectivity index (χ3n) is 6.27. The molecular weight excluding hydrogens is 400 g/mol. The van der Waals surface area contributed by atoms with Gasteiger partial charge in [-0.2, -0.15) is 0 Å². The van der Waals surface area contributed by atoms with Crippen LogP contribution in [-0.4, -0.2) is 19.8 Å². The molecule has 0 fully saturated rings. The Morgan fingerprint density at radius 3 is 1.88 bits per heavy atom. The molecule has 1 unspecified atom stereocenters. The predicted octanol–water partition coefficient (Wildman–Crippen LogP) is 3.71. The predicted molar refractivity (Wildman–Crippen MR) is 130 cm³/mol. The van der Waals surface area contributed by atoms with E-state index in [0.717, 1.165) is 54.7 Å². The van der Waals surface area contributed by atoms with Gasteiger partial charge in [0, 0.05) is 0 Å². The highest BCUT2D eigenvalue weighted by molar-refractivity contribution is 5.47. The van der Waals surface area contributed by atoms with Gasteiger partial charge in [-0.15, -0.1) is 0 Å². The van der Waals surface area contributed by atoms with Crippen LogP contribution >= 0.6 is 0 Å². The zero-order chi connectivity index (χ0) is 23.1. The summed E-state index contributed by atoms with van der Waals surface area (Å²) >= 11 is 0. The van der Waals surface area contributed by atoms with E-state index in [1.807, 2.05) is 24.3 Å². The molecule has 1 atom stereocenters. The second kappa shape index (κ2) is 10.4. The lowest BCUT2D eigenvalue weighted by Crippen LogP contribution is -2.55. The minimum Gasteiger partial charge on any atom is -0.497 e. The van der Waals surface area contributed by atoms with Crippen LogP contribution in [-0.2, 0) is 12.8 Å². The topological polar surface area (TPSA) is 109 Å². The van der Waals surface area contributed by atoms with Crippen LogP contribution in [0.4, 0.5) is 0 Å². The summed E-state index contributed by atoms with van der Waals surface area (Å²) in [5.74, 6) is 2.11. The SMILES string of the molecule is CCCCCC1(Cc2ccc(OC)cc2)NC(N)=C(N)C(N)=C1Cc1ccc(OC)cc1. The highest BCUT2D eigenvalue weighted by Crippen LogP contribution is 2.37. The molecule has 172 valence electrons. The van der Waals surface area contributed by atoms with E-state index >= 15 is 0 Å². The molecule has 0 aliphatic carbocycles. The highest BCUT2D eigenvalue weighted by Gasteiger charge is 2.39. The molecule has 0 saturated heterocycles. The average molecular weight is 437 g/mol. The van der Waals surface area contributed by atoms with Crippen molar-refractivity contribution in [3.05, 3.63) is 82.4 Å². The third-order valence-corrected chi connectivity index (χ3v) is 6.27. The molecule has 3 rings (SSSR count). The average Bonchev–Trinajstić information content (AvgIpc) is 2.81. The zero-order valence-electron chi connectivity index (χ0n) is 19.4. The lowest BCUT2D eigenvalue weighted by Gasteiger charge is -2.43. The minimum absolute atomic E-state index is 0.416. The molecule has 0 bridgehead atoms. The van der Waals surface area contributed by atoms with Gasteiger partial charge in [-0.3, -0.25) is 0 Å². The van der Waals surface area contributed by atoms with E-state index in [4.69, 9.17) is 26.7 Å². The number of methoxy groups -OCH3 is 2. The lowest BCUT2D eigenvalue weighted by molar-refractivity contribution is 0.348. The van der Waals surface area contributed by atoms with Gasteiger partial charge in [-0.05, 0) is 60.2 Å². The van der Waals surface area contributed by atoms with Crippen molar-refractivity contribution in [3.8, 4) is 11.5 Å². The van der Waals surface area contributed by atoms with E-state index in [9.17, 15) is 0 Å². The van der Waals surface area contributed by atoms with Gasteiger partial charge < -0.3 is 32.0 Å². The van der Waals surface area contributed by atoms with E-state index < -0.39 is 5.54 Å². The molecule has 6 nitrogen and oxygen atoms in total. The molecule has 32 heavy (non-hydrogen) atoms. The smallest absolute Gasteiger partial charge is 0.123 e. The van der Waals surface area contributed by atoms with Crippen molar-refractivity contribution in [2.24, 2.45) is 17.2 Å². The van der Waals surface area contributed by atoms with Crippen LogP contribution in [0.5, 0.6) is 11.5 Å². The summed E-state index contributed by atoms with van der Waals surface area (Å²) in [6, 6.07) is 16.3. The summed E-state index contributed by atoms with van der Waals surface area (Å²) in [7, 11) is 3.34. The number of hydrogen-bond donors (Lipinski definition) is 4. The summed E-state index contributed by atoms with van der Waals surface area (Å²) in [5.41, 5.74) is 23.3. The molecule has 7 N–H and O–H groups in total. The fourth-order valence-electron chi connectivity index (χ4n) is 4.40. The second-order valence-corrected chi connectivity index (χ2v) is 8.43. The number of benzene rings is 2. The maximum Gasteiger partial charge on any atom is 0.123 e. The van der Waals surface area contributed by atoms with Gasteiger partial charge in [0.1, 0.15) is 17.3 Å². The van der Waals surface area contributed by atoms with Crippen molar-refractivity contribution in [2.45, 2.75) is 51.0 Å². The zero-order valence-corrected chi connectivity index (χ0v) is 19.4. The number of unbranched alkanes of at least 4 members (excludes halogenated alkanes) is 2. The van der Waals surface area contributed by atoms with Crippen LogP contribution in [0.1, 0.15) is 43.7 Å². The molecule has 6 heteroatoms. The first kappa shape index (κ1) is 23.4. The van der Waals surface area contributed by atoms with Gasteiger partial charge in [0.25, 0.3) is 0 Å². The molecule has 2 aromatic rings. The van der Waals surface area contributed by atoms with Gasteiger partial charge >= 0.3 is 0 Å². The van der Waals surface area contributed by atoms with E-state index in [2.05, 4.69) is 36.5 Å². The van der Waals surface area contributed by atoms with Crippen LogP contribution in [0.25, 0.3) is 0 Å². The Kier molecular flexibility index (Phi) is 7.57. The first-order valence-corrected chi connectivity index (χ1v) is 11.2. The standard InChI is InChI=1S/C26H36N4O2/c1-4-5-6-15-26(17-19-9-13-21(32-3)14-10-19)22(23(27)24(28)25(29)30-26)16-18-7-11-20(31-2)12-8-18/h7-14,30H,4-6,15-17,27-29H2,1-3H3. The normalized spacial score (nSPS) is 18.5. The van der Waals surface area contributed by atoms with Gasteiger partial charge in [0.05, 0.1) is 31.2 Å². The molecular formula is C26H36N4O2. The van der Waals surface area contributed by atoms with Crippen LogP contribution in [0.15, 0.2) is 71.3 Å². The largest absolute Gasteiger partial charge is 0.497 e. The fourth-order valence-corrected chi connectivity index (χ4v) is 4.40. The first-order valence-electron chi connectivity index (χ1n) is 11.2. The Balaban J connectivity index is 2.02. The maximum atomic E-state index is 6.63. The summed E-state index contributed by atoms with van der Waals surface area (Å²) in [6.45, 7) is 2.21. The van der Waals surface area contributed by atoms with Crippen LogP contribution in [0.3, 0.4) is 0 Å². The van der Waals surface area contributed by atoms with Crippen LogP contribution in [0.2, 0.25) is 0 Å². The van der Waals surface area contributed by atoms with Crippen molar-refractivity contribution >= 4 is 0 Å². The van der Waals surface area contributed by atoms with Crippen LogP contribution in [0, 0.1) is 0 Å². The number of dihydropyridines is 1. The molecule has 1 heterocycles. The molecule has 0 saturated carbocycles. The summed E-state index contributed by atoms with van der Waals surface area (Å²) in [5, 5.41) is 3.58. The summed E-state index contributed by atoms with van der Waals surface area (Å²) < 4.78 is 10.6. The fraction of sp³-hybridized carbons (Fsp3) is 0.385. The van der Waals surface area contributed by atoms with E-state index in [0.29, 0.717) is 23.6 Å². The Morgan fingerprint density at radius 2 is 1.34 bits per heavy atom. The molecule has 2 aromatic carbocycles. The van der Waals surface area contributed by atoms with Crippen molar-refractivity contribution < 1.29 is 9.47 Å². The monoisotopic (exact) mass is 436 g/mol. The van der Waals surface area contributed by atoms with Crippen LogP contribution < -0.4 is 32.0 Å². The number of hydrogen-bond acceptors (Lipinski definition) is 6. The summed E-state index contributed by atoms with van der Waals surface area (Å²) in [4.78, 5) is 0. The van der Waals surface area contributed by atoms with E-state index in [1.54, 1.807) is 14.2 Å². The molecule has 1 aliphatic heterocycles. The van der Waals surface area contributed by atoms with Gasteiger partial charge in [0.15, 0.2) is 0 Å². The van der Waals surface area contributed by atoms with Gasteiger partial charge in [-0.25, -0.2) is 0 Å². The number of ether oxygens (including phenoxy) is 2. The number of rotatable bonds is 10. The van der Waals surface area contributed by atoms with Gasteiger partial charge in [0.2, 0.25) is 0 Å². The Labute approximate surface area is 191 Å². The van der Waals surface area contributed by atoms with Crippen molar-refractivity contribution in [1.29, 1.82) is 0 Å². The summed E-state index contributed by atoms with van der Waals surface area (Å²) in [6.07, 6.45) is 5.68. The molecule has 0 radical (unpaired) electrons. The minimum atomic E-state index is -0.416. The van der Waals surface area contributed by atoms with Crippen molar-refractivity contribution in [2.75, 3.05) is 14.2 Å². The molecule has 0 spiro atoms. The second-order valence-electron chi connectivity index (χ2n) is 8.43. The molecule has 0 aromatic heterocycles. The quantitative estimate of drug-likeness (QED) is 0.423. The third kappa shape index (κ3) is 5.13. The highest BCUT2D eigenvalue weighted by atomic mass is 16.5. The Hall–Kier alpha value is -3.28. The Bertz CT molecular complexity index is 964. The molecule has 1 aliphatic rings. The van der Waals surface area contributed by atoms with Crippen molar-refractivity contribution in [3.63, 3.8) is 0 Å². The number of nitrogens with one attached hydrogen (secondary N) is 1. The van der Waals surface area contributed by atoms with Crippen molar-refractivity contribution in [1.82, 2.24) is 5.32 Å². The maximum absolute atomic E-state index is 6.63.